The highest BCUT2D eigenvalue weighted by molar-refractivity contribution is 7.84. The normalized spacial score (nSPS) is 19.3. The minimum absolute atomic E-state index is 0.153. The van der Waals surface area contributed by atoms with E-state index >= 15 is 0 Å². The Labute approximate surface area is 106 Å². The topological polar surface area (TPSA) is 52.7 Å². The Morgan fingerprint density at radius 2 is 1.94 bits per heavy atom. The maximum absolute atomic E-state index is 11.8. The number of amides is 1. The molecule has 5 nitrogen and oxygen atoms in total. The summed E-state index contributed by atoms with van der Waals surface area (Å²) in [6.45, 7) is 6.46. The van der Waals surface area contributed by atoms with Crippen LogP contribution >= 0.6 is 0 Å². The average Bonchev–Trinajstić information content (AvgIpc) is 2.34. The fourth-order valence-corrected chi connectivity index (χ4v) is 2.35. The molecule has 1 atom stereocenters. The molecule has 1 saturated heterocycles. The van der Waals surface area contributed by atoms with Crippen molar-refractivity contribution < 1.29 is 9.00 Å². The second kappa shape index (κ2) is 7.79. The van der Waals surface area contributed by atoms with Gasteiger partial charge in [-0.05, 0) is 7.05 Å². The molecule has 1 heterocycles. The summed E-state index contributed by atoms with van der Waals surface area (Å²) in [5.41, 5.74) is 0. The number of carbonyl (C=O) groups is 1. The van der Waals surface area contributed by atoms with Gasteiger partial charge in [0.2, 0.25) is 5.91 Å². The Morgan fingerprint density at radius 1 is 1.29 bits per heavy atom. The van der Waals surface area contributed by atoms with E-state index < -0.39 is 10.8 Å². The van der Waals surface area contributed by atoms with Crippen molar-refractivity contribution in [3.8, 4) is 0 Å². The fraction of sp³-hybridized carbons (Fsp3) is 0.909. The molecule has 0 aromatic heterocycles. The Bertz CT molecular complexity index is 265. The Hall–Kier alpha value is -0.460. The molecule has 100 valence electrons. The van der Waals surface area contributed by atoms with Crippen LogP contribution in [-0.4, -0.2) is 77.7 Å². The van der Waals surface area contributed by atoms with Gasteiger partial charge < -0.3 is 15.1 Å². The smallest absolute Gasteiger partial charge is 0.236 e. The number of likely N-dealkylation sites (N-methyl/N-ethyl adjacent to an activating group) is 1. The van der Waals surface area contributed by atoms with E-state index in [2.05, 4.69) is 17.3 Å². The first-order chi connectivity index (χ1) is 8.13. The van der Waals surface area contributed by atoms with Crippen LogP contribution in [0.1, 0.15) is 6.92 Å². The standard InChI is InChI=1S/C11H23N3O2S/c1-3-17(16)9-4-12-10-11(15)14-7-5-13(2)6-8-14/h12H,3-10H2,1-2H3. The van der Waals surface area contributed by atoms with E-state index in [1.807, 2.05) is 11.8 Å². The molecule has 1 aliphatic heterocycles. The molecule has 0 aromatic carbocycles. The van der Waals surface area contributed by atoms with Crippen molar-refractivity contribution >= 4 is 16.7 Å². The summed E-state index contributed by atoms with van der Waals surface area (Å²) in [6.07, 6.45) is 0. The lowest BCUT2D eigenvalue weighted by Gasteiger charge is -2.32. The molecule has 0 aromatic rings. The molecule has 6 heteroatoms. The lowest BCUT2D eigenvalue weighted by Crippen LogP contribution is -2.49. The third-order valence-electron chi connectivity index (χ3n) is 2.96. The van der Waals surface area contributed by atoms with Crippen LogP contribution in [0.5, 0.6) is 0 Å². The average molecular weight is 261 g/mol. The minimum atomic E-state index is -0.745. The van der Waals surface area contributed by atoms with Crippen LogP contribution in [0.3, 0.4) is 0 Å². The highest BCUT2D eigenvalue weighted by Crippen LogP contribution is 1.98. The molecular formula is C11H23N3O2S. The van der Waals surface area contributed by atoms with Gasteiger partial charge in [0.05, 0.1) is 6.54 Å². The van der Waals surface area contributed by atoms with Crippen molar-refractivity contribution in [2.75, 3.05) is 57.8 Å². The molecule has 1 N–H and O–H groups in total. The first-order valence-corrected chi connectivity index (χ1v) is 7.64. The van der Waals surface area contributed by atoms with Crippen LogP contribution in [0, 0.1) is 0 Å². The van der Waals surface area contributed by atoms with Gasteiger partial charge in [-0.3, -0.25) is 9.00 Å². The van der Waals surface area contributed by atoms with Gasteiger partial charge in [0, 0.05) is 55.0 Å². The van der Waals surface area contributed by atoms with E-state index in [9.17, 15) is 9.00 Å². The van der Waals surface area contributed by atoms with Crippen molar-refractivity contribution in [3.63, 3.8) is 0 Å². The summed E-state index contributed by atoms with van der Waals surface area (Å²) in [7, 11) is 1.32. The zero-order chi connectivity index (χ0) is 12.7. The van der Waals surface area contributed by atoms with E-state index in [4.69, 9.17) is 0 Å². The number of nitrogens with one attached hydrogen (secondary N) is 1. The van der Waals surface area contributed by atoms with Crippen LogP contribution < -0.4 is 5.32 Å². The zero-order valence-corrected chi connectivity index (χ0v) is 11.6. The molecular weight excluding hydrogens is 238 g/mol. The maximum atomic E-state index is 11.8. The van der Waals surface area contributed by atoms with Crippen molar-refractivity contribution in [3.05, 3.63) is 0 Å². The van der Waals surface area contributed by atoms with Gasteiger partial charge in [-0.1, -0.05) is 6.92 Å². The van der Waals surface area contributed by atoms with E-state index in [1.54, 1.807) is 0 Å². The summed E-state index contributed by atoms with van der Waals surface area (Å²) < 4.78 is 11.2. The van der Waals surface area contributed by atoms with Crippen LogP contribution in [-0.2, 0) is 15.6 Å². The predicted molar refractivity (Wildman–Crippen MR) is 70.5 cm³/mol. The quantitative estimate of drug-likeness (QED) is 0.631. The van der Waals surface area contributed by atoms with Crippen molar-refractivity contribution in [1.29, 1.82) is 0 Å². The monoisotopic (exact) mass is 261 g/mol. The van der Waals surface area contributed by atoms with Gasteiger partial charge in [0.15, 0.2) is 0 Å². The fourth-order valence-electron chi connectivity index (χ4n) is 1.69. The first kappa shape index (κ1) is 14.6. The third-order valence-corrected chi connectivity index (χ3v) is 4.26. The van der Waals surface area contributed by atoms with Crippen molar-refractivity contribution in [1.82, 2.24) is 15.1 Å². The SMILES string of the molecule is CCS(=O)CCNCC(=O)N1CCN(C)CC1. The van der Waals surface area contributed by atoms with Gasteiger partial charge in [0.1, 0.15) is 0 Å². The summed E-state index contributed by atoms with van der Waals surface area (Å²) in [4.78, 5) is 15.9. The van der Waals surface area contributed by atoms with Crippen LogP contribution in [0.2, 0.25) is 0 Å². The number of piperazine rings is 1. The summed E-state index contributed by atoms with van der Waals surface area (Å²) in [5, 5.41) is 3.06. The lowest BCUT2D eigenvalue weighted by atomic mass is 10.3. The van der Waals surface area contributed by atoms with Gasteiger partial charge in [-0.2, -0.15) is 0 Å². The molecule has 0 bridgehead atoms. The van der Waals surface area contributed by atoms with Crippen molar-refractivity contribution in [2.24, 2.45) is 0 Å². The molecule has 0 saturated carbocycles. The maximum Gasteiger partial charge on any atom is 0.236 e. The van der Waals surface area contributed by atoms with E-state index in [1.165, 1.54) is 0 Å². The summed E-state index contributed by atoms with van der Waals surface area (Å²) in [6, 6.07) is 0. The van der Waals surface area contributed by atoms with E-state index in [0.29, 0.717) is 24.6 Å². The minimum Gasteiger partial charge on any atom is -0.339 e. The van der Waals surface area contributed by atoms with E-state index in [-0.39, 0.29) is 5.91 Å². The van der Waals surface area contributed by atoms with Crippen LogP contribution in [0.4, 0.5) is 0 Å². The first-order valence-electron chi connectivity index (χ1n) is 6.15. The van der Waals surface area contributed by atoms with Gasteiger partial charge in [-0.25, -0.2) is 0 Å². The van der Waals surface area contributed by atoms with Gasteiger partial charge in [-0.15, -0.1) is 0 Å². The molecule has 1 rings (SSSR count). The van der Waals surface area contributed by atoms with Crippen LogP contribution in [0.15, 0.2) is 0 Å². The summed E-state index contributed by atoms with van der Waals surface area (Å²) >= 11 is 0. The van der Waals surface area contributed by atoms with Gasteiger partial charge >= 0.3 is 0 Å². The van der Waals surface area contributed by atoms with E-state index in [0.717, 1.165) is 26.2 Å². The third kappa shape index (κ3) is 5.61. The van der Waals surface area contributed by atoms with Crippen molar-refractivity contribution in [2.45, 2.75) is 6.92 Å². The number of rotatable bonds is 6. The molecule has 1 unspecified atom stereocenters. The van der Waals surface area contributed by atoms with Crippen LogP contribution in [0.25, 0.3) is 0 Å². The molecule has 1 aliphatic rings. The highest BCUT2D eigenvalue weighted by atomic mass is 32.2. The number of hydrogen-bond acceptors (Lipinski definition) is 4. The Balaban J connectivity index is 2.10. The Morgan fingerprint density at radius 3 is 2.53 bits per heavy atom. The predicted octanol–water partition coefficient (Wildman–Crippen LogP) is -0.881. The highest BCUT2D eigenvalue weighted by Gasteiger charge is 2.18. The summed E-state index contributed by atoms with van der Waals surface area (Å²) in [5.74, 6) is 1.47. The number of nitrogens with zero attached hydrogens (tertiary/aromatic N) is 2. The molecule has 1 amide bonds. The molecule has 17 heavy (non-hydrogen) atoms. The molecule has 0 spiro atoms. The zero-order valence-electron chi connectivity index (χ0n) is 10.8. The largest absolute Gasteiger partial charge is 0.339 e. The molecule has 1 fully saturated rings. The molecule has 0 aliphatic carbocycles. The second-order valence-corrected chi connectivity index (χ2v) is 6.16. The lowest BCUT2D eigenvalue weighted by molar-refractivity contribution is -0.131. The van der Waals surface area contributed by atoms with Gasteiger partial charge in [0.25, 0.3) is 0 Å². The Kier molecular flexibility index (Phi) is 6.69. The molecule has 0 radical (unpaired) electrons. The number of hydrogen-bond donors (Lipinski definition) is 1. The second-order valence-electron chi connectivity index (χ2n) is 4.29. The number of carbonyl (C=O) groups excluding carboxylic acids is 1.